The molecule has 0 aliphatic carbocycles. The lowest BCUT2D eigenvalue weighted by Gasteiger charge is -2.25. The Morgan fingerprint density at radius 2 is 2.05 bits per heavy atom. The molecule has 0 aromatic heterocycles. The van der Waals surface area contributed by atoms with Gasteiger partial charge in [0.2, 0.25) is 0 Å². The summed E-state index contributed by atoms with van der Waals surface area (Å²) in [7, 11) is 1.55. The van der Waals surface area contributed by atoms with Crippen molar-refractivity contribution in [2.24, 2.45) is 0 Å². The number of benzene rings is 1. The molecule has 4 nitrogen and oxygen atoms in total. The second kappa shape index (κ2) is 7.29. The van der Waals surface area contributed by atoms with Crippen molar-refractivity contribution in [1.82, 2.24) is 0 Å². The fraction of sp³-hybridized carbons (Fsp3) is 0.562. The normalized spacial score (nSPS) is 13.7. The van der Waals surface area contributed by atoms with Crippen LogP contribution in [0.5, 0.6) is 5.75 Å². The van der Waals surface area contributed by atoms with Gasteiger partial charge in [0.05, 0.1) is 6.61 Å². The minimum atomic E-state index is -0.800. The van der Waals surface area contributed by atoms with Gasteiger partial charge in [-0.2, -0.15) is 0 Å². The number of ether oxygens (including phenoxy) is 2. The molecule has 4 heteroatoms. The summed E-state index contributed by atoms with van der Waals surface area (Å²) in [6.45, 7) is 8.45. The van der Waals surface area contributed by atoms with Gasteiger partial charge in [-0.3, -0.25) is 4.79 Å². The molecule has 1 aromatic rings. The zero-order valence-corrected chi connectivity index (χ0v) is 13.1. The fourth-order valence-electron chi connectivity index (χ4n) is 1.76. The van der Waals surface area contributed by atoms with E-state index in [1.54, 1.807) is 14.0 Å². The molecule has 0 heterocycles. The number of nitrogens with one attached hydrogen (secondary N) is 1. The van der Waals surface area contributed by atoms with E-state index in [4.69, 9.17) is 9.47 Å². The van der Waals surface area contributed by atoms with E-state index in [1.807, 2.05) is 32.0 Å². The molecule has 0 saturated heterocycles. The summed E-state index contributed by atoms with van der Waals surface area (Å²) in [6, 6.07) is 5.65. The van der Waals surface area contributed by atoms with Crippen LogP contribution in [0.4, 0.5) is 5.69 Å². The first-order chi connectivity index (χ1) is 9.46. The van der Waals surface area contributed by atoms with Crippen LogP contribution in [-0.4, -0.2) is 25.2 Å². The van der Waals surface area contributed by atoms with E-state index >= 15 is 0 Å². The number of rotatable bonds is 7. The number of aryl methyl sites for hydroxylation is 1. The van der Waals surface area contributed by atoms with Crippen LogP contribution in [0.25, 0.3) is 0 Å². The van der Waals surface area contributed by atoms with E-state index in [9.17, 15) is 4.79 Å². The Kier molecular flexibility index (Phi) is 6.02. The van der Waals surface area contributed by atoms with Gasteiger partial charge >= 0.3 is 0 Å². The van der Waals surface area contributed by atoms with Gasteiger partial charge in [0.15, 0.2) is 0 Å². The van der Waals surface area contributed by atoms with Crippen molar-refractivity contribution >= 4 is 11.6 Å². The average Bonchev–Trinajstić information content (AvgIpc) is 2.45. The number of hydrogen-bond donors (Lipinski definition) is 1. The van der Waals surface area contributed by atoms with Crippen LogP contribution in [0, 0.1) is 6.92 Å². The molecule has 0 spiro atoms. The predicted molar refractivity (Wildman–Crippen MR) is 81.3 cm³/mol. The zero-order chi connectivity index (χ0) is 15.2. The summed E-state index contributed by atoms with van der Waals surface area (Å²) in [5, 5.41) is 2.89. The standard InChI is InChI=1S/C16H25NO3/c1-6-10-20-14-9-8-13(11-12(14)3)17-15(18)16(4,7-2)19-5/h8-9,11H,6-7,10H2,1-5H3,(H,17,18). The van der Waals surface area contributed by atoms with Gasteiger partial charge in [-0.05, 0) is 50.5 Å². The summed E-state index contributed by atoms with van der Waals surface area (Å²) >= 11 is 0. The Hall–Kier alpha value is -1.55. The third-order valence-corrected chi connectivity index (χ3v) is 3.50. The van der Waals surface area contributed by atoms with E-state index < -0.39 is 5.60 Å². The summed E-state index contributed by atoms with van der Waals surface area (Å²) in [4.78, 5) is 12.2. The Morgan fingerprint density at radius 3 is 2.55 bits per heavy atom. The first-order valence-electron chi connectivity index (χ1n) is 7.07. The van der Waals surface area contributed by atoms with Crippen molar-refractivity contribution < 1.29 is 14.3 Å². The topological polar surface area (TPSA) is 47.6 Å². The van der Waals surface area contributed by atoms with Crippen LogP contribution >= 0.6 is 0 Å². The van der Waals surface area contributed by atoms with E-state index in [0.717, 1.165) is 23.4 Å². The second-order valence-electron chi connectivity index (χ2n) is 5.07. The highest BCUT2D eigenvalue weighted by molar-refractivity contribution is 5.97. The minimum Gasteiger partial charge on any atom is -0.493 e. The molecule has 1 unspecified atom stereocenters. The van der Waals surface area contributed by atoms with Crippen LogP contribution in [0.3, 0.4) is 0 Å². The number of carbonyl (C=O) groups excluding carboxylic acids is 1. The maximum absolute atomic E-state index is 12.2. The maximum Gasteiger partial charge on any atom is 0.256 e. The lowest BCUT2D eigenvalue weighted by Crippen LogP contribution is -2.41. The van der Waals surface area contributed by atoms with Crippen molar-refractivity contribution in [3.8, 4) is 5.75 Å². The van der Waals surface area contributed by atoms with Crippen LogP contribution in [0.15, 0.2) is 18.2 Å². The van der Waals surface area contributed by atoms with Gasteiger partial charge in [0, 0.05) is 12.8 Å². The molecule has 0 radical (unpaired) electrons. The largest absolute Gasteiger partial charge is 0.493 e. The van der Waals surface area contributed by atoms with E-state index in [1.165, 1.54) is 0 Å². The summed E-state index contributed by atoms with van der Waals surface area (Å²) in [5.41, 5.74) is 0.964. The second-order valence-corrected chi connectivity index (χ2v) is 5.07. The van der Waals surface area contributed by atoms with Gasteiger partial charge in [0.25, 0.3) is 5.91 Å². The van der Waals surface area contributed by atoms with Crippen LogP contribution in [-0.2, 0) is 9.53 Å². The van der Waals surface area contributed by atoms with Crippen LogP contribution < -0.4 is 10.1 Å². The number of hydrogen-bond acceptors (Lipinski definition) is 3. The molecule has 20 heavy (non-hydrogen) atoms. The molecule has 0 fully saturated rings. The lowest BCUT2D eigenvalue weighted by molar-refractivity contribution is -0.136. The van der Waals surface area contributed by atoms with Crippen molar-refractivity contribution in [3.63, 3.8) is 0 Å². The third kappa shape index (κ3) is 3.97. The summed E-state index contributed by atoms with van der Waals surface area (Å²) < 4.78 is 10.9. The molecule has 1 amide bonds. The first kappa shape index (κ1) is 16.5. The Morgan fingerprint density at radius 1 is 1.35 bits per heavy atom. The van der Waals surface area contributed by atoms with Crippen molar-refractivity contribution in [3.05, 3.63) is 23.8 Å². The molecule has 1 rings (SSSR count). The van der Waals surface area contributed by atoms with Crippen molar-refractivity contribution in [2.75, 3.05) is 19.0 Å². The fourth-order valence-corrected chi connectivity index (χ4v) is 1.76. The molecule has 1 aromatic carbocycles. The molecule has 0 aliphatic rings. The highest BCUT2D eigenvalue weighted by Crippen LogP contribution is 2.24. The quantitative estimate of drug-likeness (QED) is 0.830. The van der Waals surface area contributed by atoms with Gasteiger partial charge in [-0.25, -0.2) is 0 Å². The van der Waals surface area contributed by atoms with Crippen molar-refractivity contribution in [1.29, 1.82) is 0 Å². The van der Waals surface area contributed by atoms with Gasteiger partial charge in [-0.1, -0.05) is 13.8 Å². The van der Waals surface area contributed by atoms with Crippen LogP contribution in [0.1, 0.15) is 39.2 Å². The number of amides is 1. The molecular weight excluding hydrogens is 254 g/mol. The molecule has 1 atom stereocenters. The van der Waals surface area contributed by atoms with E-state index in [2.05, 4.69) is 12.2 Å². The smallest absolute Gasteiger partial charge is 0.256 e. The van der Waals surface area contributed by atoms with E-state index in [0.29, 0.717) is 13.0 Å². The maximum atomic E-state index is 12.2. The highest BCUT2D eigenvalue weighted by Gasteiger charge is 2.30. The third-order valence-electron chi connectivity index (χ3n) is 3.50. The summed E-state index contributed by atoms with van der Waals surface area (Å²) in [5.74, 6) is 0.721. The van der Waals surface area contributed by atoms with Crippen molar-refractivity contribution in [2.45, 2.75) is 46.1 Å². The monoisotopic (exact) mass is 279 g/mol. The molecule has 0 bridgehead atoms. The molecule has 0 saturated carbocycles. The Labute approximate surface area is 121 Å². The average molecular weight is 279 g/mol. The SMILES string of the molecule is CCCOc1ccc(NC(=O)C(C)(CC)OC)cc1C. The molecule has 0 aliphatic heterocycles. The predicted octanol–water partition coefficient (Wildman–Crippen LogP) is 3.54. The first-order valence-corrected chi connectivity index (χ1v) is 7.07. The minimum absolute atomic E-state index is 0.135. The zero-order valence-electron chi connectivity index (χ0n) is 13.1. The van der Waals surface area contributed by atoms with Gasteiger partial charge < -0.3 is 14.8 Å². The Bertz CT molecular complexity index is 453. The summed E-state index contributed by atoms with van der Waals surface area (Å²) in [6.07, 6.45) is 1.59. The number of anilines is 1. The molecule has 112 valence electrons. The Balaban J connectivity index is 2.79. The number of carbonyl (C=O) groups is 1. The highest BCUT2D eigenvalue weighted by atomic mass is 16.5. The number of methoxy groups -OCH3 is 1. The van der Waals surface area contributed by atoms with Gasteiger partial charge in [-0.15, -0.1) is 0 Å². The van der Waals surface area contributed by atoms with E-state index in [-0.39, 0.29) is 5.91 Å². The molecule has 1 N–H and O–H groups in total. The molecular formula is C16H25NO3. The van der Waals surface area contributed by atoms with Gasteiger partial charge in [0.1, 0.15) is 11.4 Å². The lowest BCUT2D eigenvalue weighted by atomic mass is 10.0. The van der Waals surface area contributed by atoms with Crippen LogP contribution in [0.2, 0.25) is 0 Å².